The summed E-state index contributed by atoms with van der Waals surface area (Å²) >= 11 is 0. The molecule has 6 N–H and O–H groups in total. The molecular weight excluding hydrogens is 771 g/mol. The van der Waals surface area contributed by atoms with Gasteiger partial charge in [-0.25, -0.2) is 14.6 Å². The lowest BCUT2D eigenvalue weighted by atomic mass is 10.00. The molecule has 2 aromatic carbocycles. The largest absolute Gasteiger partial charge is 0.453 e. The van der Waals surface area contributed by atoms with Crippen molar-refractivity contribution in [3.8, 4) is 33.5 Å². The highest BCUT2D eigenvalue weighted by Crippen LogP contribution is 2.36. The van der Waals surface area contributed by atoms with Crippen LogP contribution in [0.4, 0.5) is 9.59 Å². The molecule has 310 valence electrons. The Morgan fingerprint density at radius 3 is 1.72 bits per heavy atom. The summed E-state index contributed by atoms with van der Waals surface area (Å²) in [4.78, 5) is 66.9. The summed E-state index contributed by atoms with van der Waals surface area (Å²) in [6.45, 7) is 1.09. The Kier molecular flexibility index (Phi) is 11.6. The molecule has 2 fully saturated rings. The number of hydrogen-bond acceptors (Lipinski definition) is 11. The molecule has 4 aromatic heterocycles. The molecule has 8 rings (SSSR count). The van der Waals surface area contributed by atoms with Crippen LogP contribution in [-0.2, 0) is 31.9 Å². The molecule has 0 saturated carbocycles. The summed E-state index contributed by atoms with van der Waals surface area (Å²) in [6.07, 6.45) is 8.88. The molecule has 60 heavy (non-hydrogen) atoms. The Balaban J connectivity index is 0.912. The molecule has 0 aliphatic carbocycles. The number of likely N-dealkylation sites (tertiary alicyclic amines) is 2. The maximum absolute atomic E-state index is 13.8. The predicted octanol–water partition coefficient (Wildman–Crippen LogP) is 4.24. The first-order chi connectivity index (χ1) is 29.3. The van der Waals surface area contributed by atoms with Gasteiger partial charge in [0.25, 0.3) is 0 Å². The van der Waals surface area contributed by atoms with E-state index in [2.05, 4.69) is 98.9 Å². The van der Waals surface area contributed by atoms with Crippen LogP contribution in [0.3, 0.4) is 0 Å². The third kappa shape index (κ3) is 8.59. The lowest BCUT2D eigenvalue weighted by molar-refractivity contribution is -0.135. The topological polar surface area (TPSA) is 245 Å². The Hall–Kier alpha value is -7.31. The first-order valence-electron chi connectivity index (χ1n) is 19.7. The van der Waals surface area contributed by atoms with Crippen molar-refractivity contribution in [1.82, 2.24) is 66.2 Å². The number of carbonyl (C=O) groups excluding carboxylic acids is 4. The normalized spacial score (nSPS) is 17.3. The average molecular weight is 816 g/mol. The molecule has 19 heteroatoms. The Bertz CT molecular complexity index is 2220. The number of benzene rings is 2. The number of alkyl carbamates (subject to hydrolysis) is 2. The molecule has 19 nitrogen and oxygen atoms in total. The second-order valence-electron chi connectivity index (χ2n) is 14.8. The fourth-order valence-electron chi connectivity index (χ4n) is 8.06. The number of imidazole rings is 1. The Morgan fingerprint density at radius 2 is 1.20 bits per heavy atom. The maximum atomic E-state index is 13.8. The van der Waals surface area contributed by atoms with E-state index in [-0.39, 0.29) is 36.7 Å². The molecule has 0 radical (unpaired) electrons. The minimum absolute atomic E-state index is 0.162. The van der Waals surface area contributed by atoms with Crippen molar-refractivity contribution in [2.75, 3.05) is 27.3 Å². The Morgan fingerprint density at radius 1 is 0.700 bits per heavy atom. The molecule has 0 spiro atoms. The van der Waals surface area contributed by atoms with Gasteiger partial charge in [0.05, 0.1) is 62.0 Å². The second kappa shape index (κ2) is 17.7. The van der Waals surface area contributed by atoms with Crippen molar-refractivity contribution in [3.63, 3.8) is 0 Å². The minimum atomic E-state index is -0.880. The minimum Gasteiger partial charge on any atom is -0.453 e. The number of aromatic nitrogens is 9. The van der Waals surface area contributed by atoms with Crippen molar-refractivity contribution in [2.45, 2.75) is 62.7 Å². The first-order valence-corrected chi connectivity index (χ1v) is 19.7. The highest BCUT2D eigenvalue weighted by molar-refractivity contribution is 5.87. The van der Waals surface area contributed by atoms with Gasteiger partial charge in [-0.05, 0) is 59.6 Å². The molecule has 4 atom stereocenters. The smallest absolute Gasteiger partial charge is 0.407 e. The van der Waals surface area contributed by atoms with Gasteiger partial charge < -0.3 is 39.9 Å². The van der Waals surface area contributed by atoms with Gasteiger partial charge in [-0.3, -0.25) is 9.59 Å². The fourth-order valence-corrected chi connectivity index (χ4v) is 8.06. The number of nitrogens with one attached hydrogen (secondary N) is 6. The van der Waals surface area contributed by atoms with Gasteiger partial charge >= 0.3 is 12.2 Å². The quantitative estimate of drug-likeness (QED) is 0.0963. The van der Waals surface area contributed by atoms with Crippen molar-refractivity contribution < 1.29 is 28.7 Å². The standard InChI is InChI=1S/C41H45N13O6/c1-59-40(57)47-32(18-29-21-44-51-49-29)38(55)53-15-3-5-35(53)31-17-28(20-42-31)26-9-7-24(8-10-26)25-11-13-27(14-12-25)34-23-43-37(46-34)36-6-4-16-54(36)39(56)33(48-41(58)60-2)19-30-22-45-52-50-30/h7-14,17,20-23,32-33,35-36,42H,3-6,15-16,18-19H2,1-2H3,(H,43,46)(H,47,57)(H,48,58)(H,44,49,51)(H,45,50,52)/t32-,33-,35-,36-/m0/s1. The van der Waals surface area contributed by atoms with Gasteiger partial charge in [0, 0.05) is 37.8 Å². The molecule has 6 aromatic rings. The molecular formula is C41H45N13O6. The number of hydrogen-bond donors (Lipinski definition) is 6. The molecule has 6 heterocycles. The van der Waals surface area contributed by atoms with E-state index in [1.54, 1.807) is 11.1 Å². The summed E-state index contributed by atoms with van der Waals surface area (Å²) in [5, 5.41) is 26.2. The summed E-state index contributed by atoms with van der Waals surface area (Å²) in [5.74, 6) is 0.221. The molecule has 2 aliphatic heterocycles. The van der Waals surface area contributed by atoms with Gasteiger partial charge in [-0.1, -0.05) is 48.5 Å². The van der Waals surface area contributed by atoms with Gasteiger partial charge in [-0.15, -0.1) is 0 Å². The van der Waals surface area contributed by atoms with E-state index in [1.807, 2.05) is 23.2 Å². The number of amides is 4. The number of methoxy groups -OCH3 is 2. The van der Waals surface area contributed by atoms with E-state index in [0.717, 1.165) is 64.9 Å². The third-order valence-electron chi connectivity index (χ3n) is 11.1. The number of aromatic amines is 4. The van der Waals surface area contributed by atoms with E-state index < -0.39 is 24.3 Å². The molecule has 0 bridgehead atoms. The summed E-state index contributed by atoms with van der Waals surface area (Å²) < 4.78 is 9.57. The van der Waals surface area contributed by atoms with Crippen LogP contribution >= 0.6 is 0 Å². The zero-order valence-electron chi connectivity index (χ0n) is 33.1. The molecule has 0 unspecified atom stereocenters. The van der Waals surface area contributed by atoms with Crippen LogP contribution in [0.2, 0.25) is 0 Å². The highest BCUT2D eigenvalue weighted by atomic mass is 16.5. The highest BCUT2D eigenvalue weighted by Gasteiger charge is 2.38. The monoisotopic (exact) mass is 815 g/mol. The number of nitrogens with zero attached hydrogens (tertiary/aromatic N) is 7. The van der Waals surface area contributed by atoms with Crippen molar-refractivity contribution >= 4 is 24.0 Å². The van der Waals surface area contributed by atoms with Gasteiger partial charge in [0.1, 0.15) is 17.9 Å². The molecule has 2 saturated heterocycles. The predicted molar refractivity (Wildman–Crippen MR) is 215 cm³/mol. The van der Waals surface area contributed by atoms with Crippen molar-refractivity contribution in [3.05, 3.63) is 102 Å². The van der Waals surface area contributed by atoms with E-state index in [4.69, 9.17) is 9.47 Å². The number of carbonyl (C=O) groups is 4. The SMILES string of the molecule is COC(=O)N[C@@H](Cc1cn[nH]n1)C(=O)N1CCC[C@H]1c1cc(-c2ccc(-c3ccc(-c4cnc([C@@H]5CCCN5C(=O)[C@H](Cc5cn[nH]n5)NC(=O)OC)[nH]4)cc3)cc2)c[nH]1. The van der Waals surface area contributed by atoms with Crippen LogP contribution in [0.5, 0.6) is 0 Å². The van der Waals surface area contributed by atoms with Crippen LogP contribution in [-0.4, -0.2) is 119 Å². The lowest BCUT2D eigenvalue weighted by Gasteiger charge is -2.28. The Labute approximate surface area is 344 Å². The van der Waals surface area contributed by atoms with E-state index >= 15 is 0 Å². The van der Waals surface area contributed by atoms with Crippen LogP contribution < -0.4 is 10.6 Å². The van der Waals surface area contributed by atoms with Gasteiger partial charge in [-0.2, -0.15) is 30.8 Å². The van der Waals surface area contributed by atoms with Gasteiger partial charge in [0.15, 0.2) is 0 Å². The summed E-state index contributed by atoms with van der Waals surface area (Å²) in [5.41, 5.74) is 7.92. The molecule has 4 amide bonds. The molecule has 2 aliphatic rings. The van der Waals surface area contributed by atoms with Crippen LogP contribution in [0, 0.1) is 0 Å². The second-order valence-corrected chi connectivity index (χ2v) is 14.8. The van der Waals surface area contributed by atoms with Crippen LogP contribution in [0.25, 0.3) is 33.5 Å². The van der Waals surface area contributed by atoms with Gasteiger partial charge in [0.2, 0.25) is 11.8 Å². The van der Waals surface area contributed by atoms with Crippen LogP contribution in [0.1, 0.15) is 60.7 Å². The number of H-pyrrole nitrogens is 4. The fraction of sp³-hybridized carbons (Fsp3) is 0.341. The van der Waals surface area contributed by atoms with E-state index in [9.17, 15) is 19.2 Å². The number of ether oxygens (including phenoxy) is 2. The zero-order valence-corrected chi connectivity index (χ0v) is 33.1. The van der Waals surface area contributed by atoms with Crippen molar-refractivity contribution in [1.29, 1.82) is 0 Å². The summed E-state index contributed by atoms with van der Waals surface area (Å²) in [7, 11) is 2.52. The third-order valence-corrected chi connectivity index (χ3v) is 11.1. The lowest BCUT2D eigenvalue weighted by Crippen LogP contribution is -2.49. The average Bonchev–Trinajstić information content (AvgIpc) is 4.12. The van der Waals surface area contributed by atoms with E-state index in [0.29, 0.717) is 30.3 Å². The van der Waals surface area contributed by atoms with Crippen LogP contribution in [0.15, 0.2) is 79.4 Å². The number of rotatable bonds is 13. The maximum Gasteiger partial charge on any atom is 0.407 e. The first kappa shape index (κ1) is 39.5. The summed E-state index contributed by atoms with van der Waals surface area (Å²) in [6, 6.07) is 16.4. The van der Waals surface area contributed by atoms with Crippen molar-refractivity contribution in [2.24, 2.45) is 0 Å². The van der Waals surface area contributed by atoms with E-state index in [1.165, 1.54) is 26.6 Å². The zero-order chi connectivity index (χ0) is 41.6.